The second-order valence-electron chi connectivity index (χ2n) is 8.51. The molecule has 1 fully saturated rings. The summed E-state index contributed by atoms with van der Waals surface area (Å²) < 4.78 is 18.2. The van der Waals surface area contributed by atoms with E-state index in [0.29, 0.717) is 46.1 Å². The Morgan fingerprint density at radius 1 is 1.14 bits per heavy atom. The Morgan fingerprint density at radius 2 is 1.89 bits per heavy atom. The van der Waals surface area contributed by atoms with E-state index in [0.717, 1.165) is 19.3 Å². The second-order valence-corrected chi connectivity index (χ2v) is 8.94. The number of pyridine rings is 1. The number of methoxy groups -OCH3 is 2. The molecule has 3 heterocycles. The van der Waals surface area contributed by atoms with E-state index in [2.05, 4.69) is 20.2 Å². The van der Waals surface area contributed by atoms with Gasteiger partial charge in [0, 0.05) is 18.3 Å². The van der Waals surface area contributed by atoms with Crippen molar-refractivity contribution >= 4 is 11.6 Å². The fourth-order valence-corrected chi connectivity index (χ4v) is 4.13. The van der Waals surface area contributed by atoms with Crippen LogP contribution in [0.4, 0.5) is 0 Å². The number of halogens is 1. The quantitative estimate of drug-likeness (QED) is 0.356. The number of aromatic nitrogens is 5. The average molecular weight is 510 g/mol. The topological polar surface area (TPSA) is 125 Å². The highest BCUT2D eigenvalue weighted by molar-refractivity contribution is 6.30. The van der Waals surface area contributed by atoms with Gasteiger partial charge in [-0.3, -0.25) is 14.3 Å². The van der Waals surface area contributed by atoms with Gasteiger partial charge in [-0.15, -0.1) is 10.2 Å². The minimum absolute atomic E-state index is 0.148. The highest BCUT2D eigenvalue weighted by Gasteiger charge is 2.28. The molecule has 1 aliphatic rings. The molecular formula is C25H24ClN5O5. The summed E-state index contributed by atoms with van der Waals surface area (Å²) in [5.74, 6) is 1.42. The summed E-state index contributed by atoms with van der Waals surface area (Å²) in [5, 5.41) is 19.4. The van der Waals surface area contributed by atoms with Gasteiger partial charge in [0.05, 0.1) is 25.7 Å². The smallest absolute Gasteiger partial charge is 0.275 e. The molecule has 1 aromatic carbocycles. The van der Waals surface area contributed by atoms with Crippen molar-refractivity contribution in [1.29, 1.82) is 0 Å². The van der Waals surface area contributed by atoms with Gasteiger partial charge in [0.25, 0.3) is 11.4 Å². The standard InChI is InChI=1S/C25H24ClN5O5/c1-34-17-4-3-5-18(35-2)22(17)31-19(11-8-14-6-7-14)28-23(32)21(25(31)33)24-30-29-20(36-24)12-16-10-9-15(26)13-27-16/h3-5,9-10,13-14,32H,6-8,11-12H2,1-2H3. The van der Waals surface area contributed by atoms with Crippen molar-refractivity contribution in [2.75, 3.05) is 14.2 Å². The Balaban J connectivity index is 1.62. The number of aromatic hydroxyl groups is 1. The second kappa shape index (κ2) is 9.98. The van der Waals surface area contributed by atoms with E-state index in [4.69, 9.17) is 25.5 Å². The molecule has 11 heteroatoms. The van der Waals surface area contributed by atoms with Crippen molar-refractivity contribution in [3.63, 3.8) is 0 Å². The van der Waals surface area contributed by atoms with Crippen LogP contribution in [0.15, 0.2) is 45.7 Å². The summed E-state index contributed by atoms with van der Waals surface area (Å²) in [6, 6.07) is 8.66. The summed E-state index contributed by atoms with van der Waals surface area (Å²) in [6.45, 7) is 0. The molecule has 1 N–H and O–H groups in total. The van der Waals surface area contributed by atoms with Crippen LogP contribution in [-0.2, 0) is 12.8 Å². The molecule has 10 nitrogen and oxygen atoms in total. The number of para-hydroxylation sites is 1. The van der Waals surface area contributed by atoms with Crippen molar-refractivity contribution < 1.29 is 19.0 Å². The first-order valence-corrected chi connectivity index (χ1v) is 11.9. The highest BCUT2D eigenvalue weighted by atomic mass is 35.5. The summed E-state index contributed by atoms with van der Waals surface area (Å²) in [4.78, 5) is 22.5. The maximum absolute atomic E-state index is 13.9. The molecule has 0 saturated heterocycles. The van der Waals surface area contributed by atoms with Crippen molar-refractivity contribution in [2.45, 2.75) is 32.1 Å². The van der Waals surface area contributed by atoms with Crippen molar-refractivity contribution in [1.82, 2.24) is 24.7 Å². The monoisotopic (exact) mass is 509 g/mol. The molecule has 4 aromatic rings. The summed E-state index contributed by atoms with van der Waals surface area (Å²) in [6.07, 6.45) is 5.39. The lowest BCUT2D eigenvalue weighted by Crippen LogP contribution is -2.26. The number of rotatable bonds is 9. The third kappa shape index (κ3) is 4.76. The maximum atomic E-state index is 13.9. The Labute approximate surface area is 211 Å². The minimum Gasteiger partial charge on any atom is -0.494 e. The molecule has 0 radical (unpaired) electrons. The Kier molecular flexibility index (Phi) is 6.60. The van der Waals surface area contributed by atoms with Crippen LogP contribution in [0.1, 0.15) is 36.7 Å². The fraction of sp³-hybridized carbons (Fsp3) is 0.320. The molecule has 5 rings (SSSR count). The zero-order chi connectivity index (χ0) is 25.2. The molecule has 186 valence electrons. The molecule has 1 saturated carbocycles. The zero-order valence-electron chi connectivity index (χ0n) is 19.8. The maximum Gasteiger partial charge on any atom is 0.275 e. The highest BCUT2D eigenvalue weighted by Crippen LogP contribution is 2.36. The van der Waals surface area contributed by atoms with E-state index >= 15 is 0 Å². The van der Waals surface area contributed by atoms with Crippen LogP contribution in [0.3, 0.4) is 0 Å². The predicted octanol–water partition coefficient (Wildman–Crippen LogP) is 3.99. The fourth-order valence-electron chi connectivity index (χ4n) is 4.02. The van der Waals surface area contributed by atoms with Crippen molar-refractivity contribution in [3.05, 3.63) is 69.3 Å². The van der Waals surface area contributed by atoms with E-state index < -0.39 is 11.4 Å². The van der Waals surface area contributed by atoms with Gasteiger partial charge >= 0.3 is 0 Å². The van der Waals surface area contributed by atoms with Crippen LogP contribution >= 0.6 is 11.6 Å². The van der Waals surface area contributed by atoms with E-state index in [9.17, 15) is 9.90 Å². The number of benzene rings is 1. The minimum atomic E-state index is -0.573. The number of ether oxygens (including phenoxy) is 2. The summed E-state index contributed by atoms with van der Waals surface area (Å²) in [5.41, 5.74) is 0.262. The van der Waals surface area contributed by atoms with Crippen LogP contribution in [0.2, 0.25) is 5.02 Å². The molecule has 0 aliphatic heterocycles. The van der Waals surface area contributed by atoms with Gasteiger partial charge < -0.3 is 19.0 Å². The third-order valence-electron chi connectivity index (χ3n) is 6.03. The van der Waals surface area contributed by atoms with Gasteiger partial charge in [-0.1, -0.05) is 30.5 Å². The van der Waals surface area contributed by atoms with Gasteiger partial charge in [-0.25, -0.2) is 0 Å². The SMILES string of the molecule is COc1cccc(OC)c1-n1c(CCC2CC2)nc(O)c(-c2nnc(Cc3ccc(Cl)cn3)o2)c1=O. The van der Waals surface area contributed by atoms with Gasteiger partial charge in [-0.05, 0) is 36.6 Å². The Hall–Kier alpha value is -3.92. The van der Waals surface area contributed by atoms with E-state index in [1.54, 1.807) is 30.3 Å². The first-order valence-electron chi connectivity index (χ1n) is 11.5. The Bertz CT molecular complexity index is 1420. The van der Waals surface area contributed by atoms with Crippen LogP contribution in [-0.4, -0.2) is 44.1 Å². The lowest BCUT2D eigenvalue weighted by molar-refractivity contribution is 0.388. The summed E-state index contributed by atoms with van der Waals surface area (Å²) in [7, 11) is 3.02. The third-order valence-corrected chi connectivity index (χ3v) is 6.26. The number of hydrogen-bond donors (Lipinski definition) is 1. The van der Waals surface area contributed by atoms with Crippen molar-refractivity contribution in [3.8, 4) is 34.5 Å². The molecule has 0 bridgehead atoms. The van der Waals surface area contributed by atoms with Crippen molar-refractivity contribution in [2.24, 2.45) is 5.92 Å². The van der Waals surface area contributed by atoms with Gasteiger partial charge in [0.2, 0.25) is 11.8 Å². The first kappa shape index (κ1) is 23.8. The van der Waals surface area contributed by atoms with Crippen LogP contribution in [0.25, 0.3) is 17.1 Å². The first-order chi connectivity index (χ1) is 17.5. The van der Waals surface area contributed by atoms with Gasteiger partial charge in [0.15, 0.2) is 5.56 Å². The summed E-state index contributed by atoms with van der Waals surface area (Å²) >= 11 is 5.89. The van der Waals surface area contributed by atoms with E-state index in [1.807, 2.05) is 0 Å². The molecule has 3 aromatic heterocycles. The molecule has 0 spiro atoms. The largest absolute Gasteiger partial charge is 0.494 e. The normalized spacial score (nSPS) is 13.1. The Morgan fingerprint density at radius 3 is 2.53 bits per heavy atom. The van der Waals surface area contributed by atoms with E-state index in [-0.39, 0.29) is 23.8 Å². The number of hydrogen-bond acceptors (Lipinski definition) is 9. The van der Waals surface area contributed by atoms with E-state index in [1.165, 1.54) is 25.0 Å². The van der Waals surface area contributed by atoms with Crippen LogP contribution in [0.5, 0.6) is 17.4 Å². The lowest BCUT2D eigenvalue weighted by Gasteiger charge is -2.18. The lowest BCUT2D eigenvalue weighted by atomic mass is 10.1. The molecule has 0 amide bonds. The molecule has 36 heavy (non-hydrogen) atoms. The predicted molar refractivity (Wildman–Crippen MR) is 131 cm³/mol. The molecule has 1 aliphatic carbocycles. The molecule has 0 atom stereocenters. The molecular weight excluding hydrogens is 486 g/mol. The number of aryl methyl sites for hydroxylation is 1. The zero-order valence-corrected chi connectivity index (χ0v) is 20.5. The average Bonchev–Trinajstić information content (AvgIpc) is 3.61. The van der Waals surface area contributed by atoms with Crippen LogP contribution in [0, 0.1) is 5.92 Å². The van der Waals surface area contributed by atoms with Crippen LogP contribution < -0.4 is 15.0 Å². The van der Waals surface area contributed by atoms with Gasteiger partial charge in [-0.2, -0.15) is 4.98 Å². The number of nitrogens with zero attached hydrogens (tertiary/aromatic N) is 5. The molecule has 0 unspecified atom stereocenters. The van der Waals surface area contributed by atoms with Gasteiger partial charge in [0.1, 0.15) is 23.0 Å².